The zero-order valence-corrected chi connectivity index (χ0v) is 11.2. The van der Waals surface area contributed by atoms with E-state index in [9.17, 15) is 4.79 Å². The fourth-order valence-corrected chi connectivity index (χ4v) is 2.78. The van der Waals surface area contributed by atoms with Crippen molar-refractivity contribution in [2.24, 2.45) is 5.92 Å². The first-order chi connectivity index (χ1) is 9.69. The summed E-state index contributed by atoms with van der Waals surface area (Å²) in [5.74, 6) is 0.157. The van der Waals surface area contributed by atoms with Crippen LogP contribution in [0.1, 0.15) is 16.8 Å². The molecule has 1 aliphatic heterocycles. The van der Waals surface area contributed by atoms with Crippen LogP contribution in [0.4, 0.5) is 5.69 Å². The Balaban J connectivity index is 1.93. The van der Waals surface area contributed by atoms with Gasteiger partial charge in [0.15, 0.2) is 0 Å². The average Bonchev–Trinajstić information content (AvgIpc) is 2.94. The predicted molar refractivity (Wildman–Crippen MR) is 79.5 cm³/mol. The summed E-state index contributed by atoms with van der Waals surface area (Å²) >= 11 is 0. The van der Waals surface area contributed by atoms with Crippen LogP contribution in [0.2, 0.25) is 0 Å². The Morgan fingerprint density at radius 1 is 1.30 bits per heavy atom. The highest BCUT2D eigenvalue weighted by Crippen LogP contribution is 2.25. The number of aliphatic hydroxyl groups excluding tert-OH is 1. The lowest BCUT2D eigenvalue weighted by molar-refractivity contribution is 0.0783. The number of nitrogen functional groups attached to an aromatic ring is 1. The number of rotatable bonds is 2. The fourth-order valence-electron chi connectivity index (χ4n) is 2.78. The highest BCUT2D eigenvalue weighted by Gasteiger charge is 2.27. The van der Waals surface area contributed by atoms with E-state index in [-0.39, 0.29) is 18.4 Å². The summed E-state index contributed by atoms with van der Waals surface area (Å²) in [4.78, 5) is 14.3. The number of nitrogens with two attached hydrogens (primary N) is 1. The Labute approximate surface area is 117 Å². The summed E-state index contributed by atoms with van der Waals surface area (Å²) < 4.78 is 0. The molecule has 1 atom stereocenters. The predicted octanol–water partition coefficient (Wildman–Crippen LogP) is 1.88. The fraction of sp³-hybridized carbons (Fsp3) is 0.312. The number of carbonyl (C=O) groups excluding carboxylic acids is 1. The number of hydrogen-bond donors (Lipinski definition) is 2. The SMILES string of the molecule is Nc1cc2ccccc2cc1C(=O)N1CCC(CO)C1. The Morgan fingerprint density at radius 3 is 2.65 bits per heavy atom. The van der Waals surface area contributed by atoms with Crippen LogP contribution in [0.3, 0.4) is 0 Å². The summed E-state index contributed by atoms with van der Waals surface area (Å²) in [5.41, 5.74) is 7.10. The minimum absolute atomic E-state index is 0.0378. The minimum atomic E-state index is -0.0378. The molecule has 1 saturated heterocycles. The highest BCUT2D eigenvalue weighted by atomic mass is 16.3. The zero-order chi connectivity index (χ0) is 14.1. The molecule has 3 rings (SSSR count). The third kappa shape index (κ3) is 2.23. The van der Waals surface area contributed by atoms with Crippen molar-refractivity contribution in [3.05, 3.63) is 42.0 Å². The lowest BCUT2D eigenvalue weighted by Gasteiger charge is -2.18. The van der Waals surface area contributed by atoms with Crippen LogP contribution in [0, 0.1) is 5.92 Å². The van der Waals surface area contributed by atoms with Crippen molar-refractivity contribution < 1.29 is 9.90 Å². The lowest BCUT2D eigenvalue weighted by atomic mass is 10.0. The molecule has 1 unspecified atom stereocenters. The molecule has 1 aliphatic rings. The number of hydrogen-bond acceptors (Lipinski definition) is 3. The minimum Gasteiger partial charge on any atom is -0.398 e. The zero-order valence-electron chi connectivity index (χ0n) is 11.2. The number of carbonyl (C=O) groups is 1. The number of nitrogens with zero attached hydrogens (tertiary/aromatic N) is 1. The van der Waals surface area contributed by atoms with Gasteiger partial charge in [-0.3, -0.25) is 4.79 Å². The highest BCUT2D eigenvalue weighted by molar-refractivity contribution is 6.04. The molecular weight excluding hydrogens is 252 g/mol. The van der Waals surface area contributed by atoms with E-state index in [1.165, 1.54) is 0 Å². The topological polar surface area (TPSA) is 66.6 Å². The van der Waals surface area contributed by atoms with Gasteiger partial charge in [-0.05, 0) is 29.3 Å². The van der Waals surface area contributed by atoms with E-state index >= 15 is 0 Å². The molecule has 0 aliphatic carbocycles. The summed E-state index contributed by atoms with van der Waals surface area (Å²) in [6.45, 7) is 1.44. The molecule has 0 radical (unpaired) electrons. The average molecular weight is 270 g/mol. The van der Waals surface area contributed by atoms with Crippen molar-refractivity contribution in [1.29, 1.82) is 0 Å². The van der Waals surface area contributed by atoms with Gasteiger partial charge in [-0.15, -0.1) is 0 Å². The van der Waals surface area contributed by atoms with Crippen molar-refractivity contribution in [2.45, 2.75) is 6.42 Å². The van der Waals surface area contributed by atoms with Gasteiger partial charge in [0.1, 0.15) is 0 Å². The molecule has 0 saturated carbocycles. The maximum absolute atomic E-state index is 12.5. The summed E-state index contributed by atoms with van der Waals surface area (Å²) in [5, 5.41) is 11.2. The van der Waals surface area contributed by atoms with Gasteiger partial charge >= 0.3 is 0 Å². The largest absolute Gasteiger partial charge is 0.398 e. The first kappa shape index (κ1) is 12.9. The van der Waals surface area contributed by atoms with Gasteiger partial charge in [0.25, 0.3) is 5.91 Å². The molecule has 0 aromatic heterocycles. The van der Waals surface area contributed by atoms with Crippen molar-refractivity contribution in [2.75, 3.05) is 25.4 Å². The number of benzene rings is 2. The van der Waals surface area contributed by atoms with E-state index in [1.807, 2.05) is 36.4 Å². The first-order valence-corrected chi connectivity index (χ1v) is 6.87. The second kappa shape index (κ2) is 5.13. The second-order valence-electron chi connectivity index (χ2n) is 5.38. The standard InChI is InChI=1S/C16H18N2O2/c17-15-8-13-4-2-1-3-12(13)7-14(15)16(20)18-6-5-11(9-18)10-19/h1-4,7-8,11,19H,5-6,9-10,17H2. The molecule has 0 spiro atoms. The smallest absolute Gasteiger partial charge is 0.255 e. The number of likely N-dealkylation sites (tertiary alicyclic amines) is 1. The molecule has 4 nitrogen and oxygen atoms in total. The van der Waals surface area contributed by atoms with E-state index in [1.54, 1.807) is 4.90 Å². The molecule has 20 heavy (non-hydrogen) atoms. The molecule has 1 heterocycles. The van der Waals surface area contributed by atoms with E-state index in [4.69, 9.17) is 10.8 Å². The van der Waals surface area contributed by atoms with Crippen LogP contribution >= 0.6 is 0 Å². The number of fused-ring (bicyclic) bond motifs is 1. The van der Waals surface area contributed by atoms with Crippen molar-refractivity contribution in [1.82, 2.24) is 4.90 Å². The van der Waals surface area contributed by atoms with E-state index < -0.39 is 0 Å². The van der Waals surface area contributed by atoms with Crippen LogP contribution in [0.25, 0.3) is 10.8 Å². The molecule has 3 N–H and O–H groups in total. The van der Waals surface area contributed by atoms with Crippen LogP contribution in [0.15, 0.2) is 36.4 Å². The van der Waals surface area contributed by atoms with Gasteiger partial charge in [0.05, 0.1) is 5.56 Å². The maximum Gasteiger partial charge on any atom is 0.255 e. The molecule has 0 bridgehead atoms. The molecule has 4 heteroatoms. The number of aliphatic hydroxyl groups is 1. The Bertz CT molecular complexity index is 654. The van der Waals surface area contributed by atoms with Gasteiger partial charge in [-0.2, -0.15) is 0 Å². The van der Waals surface area contributed by atoms with Gasteiger partial charge in [-0.25, -0.2) is 0 Å². The monoisotopic (exact) mass is 270 g/mol. The Morgan fingerprint density at radius 2 is 2.00 bits per heavy atom. The lowest BCUT2D eigenvalue weighted by Crippen LogP contribution is -2.29. The summed E-state index contributed by atoms with van der Waals surface area (Å²) in [6.07, 6.45) is 0.857. The first-order valence-electron chi connectivity index (χ1n) is 6.87. The number of amides is 1. The van der Waals surface area contributed by atoms with E-state index in [0.29, 0.717) is 24.3 Å². The van der Waals surface area contributed by atoms with Crippen molar-refractivity contribution in [3.63, 3.8) is 0 Å². The molecule has 104 valence electrons. The normalized spacial score (nSPS) is 18.6. The molecule has 2 aromatic carbocycles. The third-order valence-corrected chi connectivity index (χ3v) is 3.98. The van der Waals surface area contributed by atoms with Gasteiger partial charge in [0.2, 0.25) is 0 Å². The van der Waals surface area contributed by atoms with Crippen molar-refractivity contribution in [3.8, 4) is 0 Å². The van der Waals surface area contributed by atoms with E-state index in [2.05, 4.69) is 0 Å². The van der Waals surface area contributed by atoms with Crippen LogP contribution in [-0.4, -0.2) is 35.6 Å². The molecule has 2 aromatic rings. The maximum atomic E-state index is 12.5. The summed E-state index contributed by atoms with van der Waals surface area (Å²) in [7, 11) is 0. The summed E-state index contributed by atoms with van der Waals surface area (Å²) in [6, 6.07) is 11.6. The van der Waals surface area contributed by atoms with Crippen LogP contribution < -0.4 is 5.73 Å². The van der Waals surface area contributed by atoms with Gasteiger partial charge in [-0.1, -0.05) is 24.3 Å². The van der Waals surface area contributed by atoms with Crippen LogP contribution in [-0.2, 0) is 0 Å². The quantitative estimate of drug-likeness (QED) is 0.819. The Kier molecular flexibility index (Phi) is 3.32. The number of anilines is 1. The molecular formula is C16H18N2O2. The third-order valence-electron chi connectivity index (χ3n) is 3.98. The second-order valence-corrected chi connectivity index (χ2v) is 5.38. The Hall–Kier alpha value is -2.07. The van der Waals surface area contributed by atoms with Crippen molar-refractivity contribution >= 4 is 22.4 Å². The van der Waals surface area contributed by atoms with Gasteiger partial charge in [0, 0.05) is 31.3 Å². The van der Waals surface area contributed by atoms with Crippen LogP contribution in [0.5, 0.6) is 0 Å². The van der Waals surface area contributed by atoms with Gasteiger partial charge < -0.3 is 15.7 Å². The van der Waals surface area contributed by atoms with E-state index in [0.717, 1.165) is 17.2 Å². The molecule has 1 fully saturated rings. The molecule has 1 amide bonds.